The molecule has 1 aliphatic rings. The number of nitrogens with zero attached hydrogens (tertiary/aromatic N) is 2. The Morgan fingerprint density at radius 2 is 1.83 bits per heavy atom. The van der Waals surface area contributed by atoms with E-state index in [4.69, 9.17) is 4.99 Å². The van der Waals surface area contributed by atoms with Gasteiger partial charge in [0, 0.05) is 30.6 Å². The third kappa shape index (κ3) is 3.52. The Balaban J connectivity index is 0.00000289. The highest BCUT2D eigenvalue weighted by Gasteiger charge is 2.53. The molecule has 0 atom stereocenters. The van der Waals surface area contributed by atoms with Gasteiger partial charge in [-0.25, -0.2) is 0 Å². The Morgan fingerprint density at radius 3 is 2.22 bits per heavy atom. The Bertz CT molecular complexity index is 285. The summed E-state index contributed by atoms with van der Waals surface area (Å²) in [4.78, 5) is 7.13. The van der Waals surface area contributed by atoms with Crippen LogP contribution >= 0.6 is 24.0 Å². The Hall–Kier alpha value is 0. The van der Waals surface area contributed by atoms with Crippen LogP contribution < -0.4 is 5.32 Å². The van der Waals surface area contributed by atoms with Gasteiger partial charge in [-0.3, -0.25) is 4.99 Å². The molecule has 1 N–H and O–H groups in total. The summed E-state index contributed by atoms with van der Waals surface area (Å²) < 4.78 is 0. The molecular formula is C14H30IN3. The number of likely N-dealkylation sites (tertiary alicyclic amines) is 1. The molecule has 0 aliphatic carbocycles. The Labute approximate surface area is 130 Å². The van der Waals surface area contributed by atoms with E-state index in [0.29, 0.717) is 5.41 Å². The molecule has 0 aromatic carbocycles. The number of rotatable bonds is 4. The largest absolute Gasteiger partial charge is 0.356 e. The first-order valence-electron chi connectivity index (χ1n) is 6.92. The van der Waals surface area contributed by atoms with Crippen LogP contribution in [0.2, 0.25) is 0 Å². The molecule has 1 rings (SSSR count). The molecule has 0 aromatic heterocycles. The van der Waals surface area contributed by atoms with Crippen molar-refractivity contribution in [2.45, 2.75) is 59.9 Å². The first-order chi connectivity index (χ1) is 7.86. The molecule has 1 aliphatic heterocycles. The third-order valence-corrected chi connectivity index (χ3v) is 4.25. The van der Waals surface area contributed by atoms with Crippen molar-refractivity contribution in [3.63, 3.8) is 0 Å². The minimum atomic E-state index is 0. The number of halogens is 1. The highest BCUT2D eigenvalue weighted by molar-refractivity contribution is 14.0. The maximum atomic E-state index is 4.72. The molecule has 0 spiro atoms. The standard InChI is InChI=1S/C14H29N3.HI/c1-7-9-10-16-12(15-8-2)17-11-13(3,4)14(17,5)6;/h7-11H2,1-6H3,(H,15,16);1H. The van der Waals surface area contributed by atoms with Crippen LogP contribution in [0.5, 0.6) is 0 Å². The van der Waals surface area contributed by atoms with Crippen molar-refractivity contribution in [2.24, 2.45) is 10.4 Å². The van der Waals surface area contributed by atoms with E-state index in [9.17, 15) is 0 Å². The lowest BCUT2D eigenvalue weighted by Gasteiger charge is -2.62. The molecule has 3 nitrogen and oxygen atoms in total. The van der Waals surface area contributed by atoms with E-state index < -0.39 is 0 Å². The monoisotopic (exact) mass is 367 g/mol. The van der Waals surface area contributed by atoms with Crippen molar-refractivity contribution in [1.82, 2.24) is 10.2 Å². The molecule has 18 heavy (non-hydrogen) atoms. The summed E-state index contributed by atoms with van der Waals surface area (Å²) in [6.45, 7) is 16.6. The summed E-state index contributed by atoms with van der Waals surface area (Å²) in [5.41, 5.74) is 0.564. The quantitative estimate of drug-likeness (QED) is 0.357. The highest BCUT2D eigenvalue weighted by Crippen LogP contribution is 2.46. The molecule has 0 unspecified atom stereocenters. The van der Waals surface area contributed by atoms with Crippen molar-refractivity contribution in [3.05, 3.63) is 0 Å². The van der Waals surface area contributed by atoms with Gasteiger partial charge >= 0.3 is 0 Å². The van der Waals surface area contributed by atoms with Gasteiger partial charge in [0.1, 0.15) is 0 Å². The van der Waals surface area contributed by atoms with Crippen LogP contribution in [0.4, 0.5) is 0 Å². The fourth-order valence-corrected chi connectivity index (χ4v) is 2.14. The number of guanidine groups is 1. The summed E-state index contributed by atoms with van der Waals surface area (Å²) in [7, 11) is 0. The maximum absolute atomic E-state index is 4.72. The lowest BCUT2D eigenvalue weighted by molar-refractivity contribution is -0.0667. The van der Waals surface area contributed by atoms with Crippen LogP contribution in [-0.2, 0) is 0 Å². The van der Waals surface area contributed by atoms with Gasteiger partial charge in [-0.05, 0) is 27.2 Å². The lowest BCUT2D eigenvalue weighted by Crippen LogP contribution is -2.72. The maximum Gasteiger partial charge on any atom is 0.194 e. The number of hydrogen-bond donors (Lipinski definition) is 1. The third-order valence-electron chi connectivity index (χ3n) is 4.25. The fourth-order valence-electron chi connectivity index (χ4n) is 2.14. The van der Waals surface area contributed by atoms with Crippen molar-refractivity contribution < 1.29 is 0 Å². The van der Waals surface area contributed by atoms with Gasteiger partial charge in [-0.1, -0.05) is 27.2 Å². The van der Waals surface area contributed by atoms with Crippen LogP contribution in [-0.4, -0.2) is 36.0 Å². The second kappa shape index (κ2) is 6.96. The van der Waals surface area contributed by atoms with Crippen molar-refractivity contribution in [1.29, 1.82) is 0 Å². The molecule has 108 valence electrons. The van der Waals surface area contributed by atoms with Gasteiger partial charge in [-0.2, -0.15) is 0 Å². The Kier molecular flexibility index (Phi) is 6.96. The SMILES string of the molecule is CCCCN=C(NCC)N1CC(C)(C)C1(C)C.I. The highest BCUT2D eigenvalue weighted by atomic mass is 127. The first-order valence-corrected chi connectivity index (χ1v) is 6.92. The van der Waals surface area contributed by atoms with Crippen LogP contribution in [0.25, 0.3) is 0 Å². The molecule has 0 amide bonds. The molecule has 0 bridgehead atoms. The average Bonchev–Trinajstić information content (AvgIpc) is 2.25. The predicted molar refractivity (Wildman–Crippen MR) is 90.9 cm³/mol. The second-order valence-corrected chi connectivity index (χ2v) is 6.12. The number of hydrogen-bond acceptors (Lipinski definition) is 1. The molecule has 0 aromatic rings. The summed E-state index contributed by atoms with van der Waals surface area (Å²) in [5, 5.41) is 3.41. The smallest absolute Gasteiger partial charge is 0.194 e. The molecule has 0 radical (unpaired) electrons. The summed E-state index contributed by atoms with van der Waals surface area (Å²) in [5.74, 6) is 1.09. The summed E-state index contributed by atoms with van der Waals surface area (Å²) in [6.07, 6.45) is 2.38. The van der Waals surface area contributed by atoms with Crippen LogP contribution in [0, 0.1) is 5.41 Å². The number of nitrogens with one attached hydrogen (secondary N) is 1. The van der Waals surface area contributed by atoms with E-state index >= 15 is 0 Å². The molecule has 4 heteroatoms. The second-order valence-electron chi connectivity index (χ2n) is 6.12. The topological polar surface area (TPSA) is 27.6 Å². The molecule has 1 fully saturated rings. The zero-order valence-corrected chi connectivity index (χ0v) is 15.2. The molecular weight excluding hydrogens is 337 g/mol. The van der Waals surface area contributed by atoms with E-state index in [1.807, 2.05) is 0 Å². The molecule has 0 saturated carbocycles. The minimum absolute atomic E-state index is 0. The van der Waals surface area contributed by atoms with Crippen molar-refractivity contribution >= 4 is 29.9 Å². The van der Waals surface area contributed by atoms with Crippen LogP contribution in [0.3, 0.4) is 0 Å². The van der Waals surface area contributed by atoms with Gasteiger partial charge in [-0.15, -0.1) is 24.0 Å². The minimum Gasteiger partial charge on any atom is -0.356 e. The zero-order chi connectivity index (χ0) is 13.1. The molecule has 1 heterocycles. The molecule has 1 saturated heterocycles. The van der Waals surface area contributed by atoms with Gasteiger partial charge in [0.15, 0.2) is 5.96 Å². The van der Waals surface area contributed by atoms with E-state index in [0.717, 1.165) is 25.6 Å². The summed E-state index contributed by atoms with van der Waals surface area (Å²) >= 11 is 0. The van der Waals surface area contributed by atoms with Gasteiger partial charge < -0.3 is 10.2 Å². The Morgan fingerprint density at radius 1 is 1.22 bits per heavy atom. The lowest BCUT2D eigenvalue weighted by atomic mass is 9.65. The van der Waals surface area contributed by atoms with Crippen LogP contribution in [0.1, 0.15) is 54.4 Å². The van der Waals surface area contributed by atoms with Crippen molar-refractivity contribution in [3.8, 4) is 0 Å². The van der Waals surface area contributed by atoms with Gasteiger partial charge in [0.2, 0.25) is 0 Å². The van der Waals surface area contributed by atoms with E-state index in [1.54, 1.807) is 0 Å². The first kappa shape index (κ1) is 18.0. The zero-order valence-electron chi connectivity index (χ0n) is 12.8. The van der Waals surface area contributed by atoms with E-state index in [-0.39, 0.29) is 29.5 Å². The number of aliphatic imine (C=N–C) groups is 1. The number of unbranched alkanes of at least 4 members (excludes halogenated alkanes) is 1. The predicted octanol–water partition coefficient (Wildman–Crippen LogP) is 3.49. The average molecular weight is 367 g/mol. The van der Waals surface area contributed by atoms with Gasteiger partial charge in [0.25, 0.3) is 0 Å². The van der Waals surface area contributed by atoms with E-state index in [1.165, 1.54) is 12.8 Å². The van der Waals surface area contributed by atoms with Crippen molar-refractivity contribution in [2.75, 3.05) is 19.6 Å². The normalized spacial score (nSPS) is 21.0. The van der Waals surface area contributed by atoms with Crippen LogP contribution in [0.15, 0.2) is 4.99 Å². The fraction of sp³-hybridized carbons (Fsp3) is 0.929. The van der Waals surface area contributed by atoms with Gasteiger partial charge in [0.05, 0.1) is 0 Å². The summed E-state index contributed by atoms with van der Waals surface area (Å²) in [6, 6.07) is 0. The van der Waals surface area contributed by atoms with E-state index in [2.05, 4.69) is 51.8 Å².